The van der Waals surface area contributed by atoms with Gasteiger partial charge in [0.2, 0.25) is 0 Å². The number of benzene rings is 1. The van der Waals surface area contributed by atoms with Gasteiger partial charge < -0.3 is 9.30 Å². The predicted molar refractivity (Wildman–Crippen MR) is 68.0 cm³/mol. The fourth-order valence-electron chi connectivity index (χ4n) is 1.79. The maximum Gasteiger partial charge on any atom is 0.130 e. The maximum atomic E-state index is 13.1. The summed E-state index contributed by atoms with van der Waals surface area (Å²) in [4.78, 5) is 4.10. The van der Waals surface area contributed by atoms with Crippen LogP contribution in [0.1, 0.15) is 24.6 Å². The quantitative estimate of drug-likeness (QED) is 0.811. The van der Waals surface area contributed by atoms with E-state index in [9.17, 15) is 4.39 Å². The number of ether oxygens (including phenoxy) is 1. The third-order valence-electron chi connectivity index (χ3n) is 2.79. The summed E-state index contributed by atoms with van der Waals surface area (Å²) in [5, 5.41) is 0. The number of aromatic nitrogens is 2. The van der Waals surface area contributed by atoms with Gasteiger partial charge in [0.05, 0.1) is 18.2 Å². The Morgan fingerprint density at radius 3 is 3.00 bits per heavy atom. The van der Waals surface area contributed by atoms with Gasteiger partial charge in [0, 0.05) is 12.6 Å². The van der Waals surface area contributed by atoms with Crippen molar-refractivity contribution in [2.24, 2.45) is 0 Å². The van der Waals surface area contributed by atoms with Gasteiger partial charge in [0.15, 0.2) is 0 Å². The molecule has 0 aliphatic rings. The van der Waals surface area contributed by atoms with E-state index in [1.807, 2.05) is 6.92 Å². The van der Waals surface area contributed by atoms with E-state index in [0.717, 1.165) is 24.2 Å². The minimum Gasteiger partial charge on any atom is -0.487 e. The molecule has 2 rings (SSSR count). The lowest BCUT2D eigenvalue weighted by atomic mass is 10.2. The zero-order valence-corrected chi connectivity index (χ0v) is 10.7. The molecule has 1 heterocycles. The van der Waals surface area contributed by atoms with Gasteiger partial charge in [0.1, 0.15) is 18.2 Å². The highest BCUT2D eigenvalue weighted by Gasteiger charge is 2.05. The standard InChI is InChI=1S/C14H17FN2O/c1-3-6-17-10-16-8-13(17)9-18-14-7-12(15)5-4-11(14)2/h4-5,7-8,10H,3,6,9H2,1-2H3. The summed E-state index contributed by atoms with van der Waals surface area (Å²) in [6.45, 7) is 5.34. The molecular formula is C14H17FN2O. The molecule has 0 bridgehead atoms. The SMILES string of the molecule is CCCn1cncc1COc1cc(F)ccc1C. The third-order valence-corrected chi connectivity index (χ3v) is 2.79. The van der Waals surface area contributed by atoms with Crippen molar-refractivity contribution in [3.63, 3.8) is 0 Å². The van der Waals surface area contributed by atoms with E-state index in [1.165, 1.54) is 12.1 Å². The minimum atomic E-state index is -0.280. The molecular weight excluding hydrogens is 231 g/mol. The fourth-order valence-corrected chi connectivity index (χ4v) is 1.79. The number of imidazole rings is 1. The Hall–Kier alpha value is -1.84. The van der Waals surface area contributed by atoms with Crippen molar-refractivity contribution >= 4 is 0 Å². The number of nitrogens with zero attached hydrogens (tertiary/aromatic N) is 2. The fraction of sp³-hybridized carbons (Fsp3) is 0.357. The van der Waals surface area contributed by atoms with Crippen LogP contribution in [0.4, 0.5) is 4.39 Å². The van der Waals surface area contributed by atoms with Crippen LogP contribution in [0.25, 0.3) is 0 Å². The van der Waals surface area contributed by atoms with Crippen molar-refractivity contribution in [3.8, 4) is 5.75 Å². The van der Waals surface area contributed by atoms with Crippen LogP contribution < -0.4 is 4.74 Å². The Morgan fingerprint density at radius 1 is 1.39 bits per heavy atom. The summed E-state index contributed by atoms with van der Waals surface area (Å²) in [5.41, 5.74) is 1.93. The van der Waals surface area contributed by atoms with Crippen LogP contribution in [0.3, 0.4) is 0 Å². The lowest BCUT2D eigenvalue weighted by Crippen LogP contribution is -2.05. The van der Waals surface area contributed by atoms with Crippen molar-refractivity contribution in [2.75, 3.05) is 0 Å². The molecule has 0 fully saturated rings. The molecule has 0 atom stereocenters. The molecule has 0 spiro atoms. The van der Waals surface area contributed by atoms with Gasteiger partial charge in [-0.15, -0.1) is 0 Å². The number of aryl methyl sites for hydroxylation is 2. The lowest BCUT2D eigenvalue weighted by molar-refractivity contribution is 0.291. The zero-order chi connectivity index (χ0) is 13.0. The maximum absolute atomic E-state index is 13.1. The molecule has 0 amide bonds. The summed E-state index contributed by atoms with van der Waals surface area (Å²) in [6.07, 6.45) is 4.62. The summed E-state index contributed by atoms with van der Waals surface area (Å²) in [7, 11) is 0. The first-order valence-electron chi connectivity index (χ1n) is 6.08. The van der Waals surface area contributed by atoms with Crippen molar-refractivity contribution in [2.45, 2.75) is 33.4 Å². The lowest BCUT2D eigenvalue weighted by Gasteiger charge is -2.10. The molecule has 18 heavy (non-hydrogen) atoms. The van der Waals surface area contributed by atoms with Crippen molar-refractivity contribution in [1.29, 1.82) is 0 Å². The second-order valence-corrected chi connectivity index (χ2v) is 4.28. The molecule has 1 aromatic carbocycles. The highest BCUT2D eigenvalue weighted by Crippen LogP contribution is 2.20. The van der Waals surface area contributed by atoms with E-state index < -0.39 is 0 Å². The Morgan fingerprint density at radius 2 is 2.22 bits per heavy atom. The number of hydrogen-bond donors (Lipinski definition) is 0. The van der Waals surface area contributed by atoms with E-state index in [1.54, 1.807) is 18.6 Å². The molecule has 0 aliphatic heterocycles. The van der Waals surface area contributed by atoms with Crippen molar-refractivity contribution < 1.29 is 9.13 Å². The van der Waals surface area contributed by atoms with Crippen LogP contribution in [0.15, 0.2) is 30.7 Å². The molecule has 0 saturated heterocycles. The highest BCUT2D eigenvalue weighted by molar-refractivity contribution is 5.32. The second-order valence-electron chi connectivity index (χ2n) is 4.28. The van der Waals surface area contributed by atoms with Gasteiger partial charge in [-0.05, 0) is 25.0 Å². The number of hydrogen-bond acceptors (Lipinski definition) is 2. The van der Waals surface area contributed by atoms with Gasteiger partial charge in [0.25, 0.3) is 0 Å². The van der Waals surface area contributed by atoms with Crippen molar-refractivity contribution in [1.82, 2.24) is 9.55 Å². The van der Waals surface area contributed by atoms with Crippen LogP contribution >= 0.6 is 0 Å². The Kier molecular flexibility index (Phi) is 3.97. The first kappa shape index (κ1) is 12.6. The summed E-state index contributed by atoms with van der Waals surface area (Å²) >= 11 is 0. The van der Waals surface area contributed by atoms with Crippen LogP contribution in [-0.2, 0) is 13.2 Å². The molecule has 0 aliphatic carbocycles. The number of halogens is 1. The first-order chi connectivity index (χ1) is 8.70. The molecule has 4 heteroatoms. The minimum absolute atomic E-state index is 0.280. The molecule has 1 aromatic heterocycles. The smallest absolute Gasteiger partial charge is 0.130 e. The zero-order valence-electron chi connectivity index (χ0n) is 10.7. The molecule has 0 saturated carbocycles. The van der Waals surface area contributed by atoms with E-state index in [2.05, 4.69) is 16.5 Å². The Labute approximate surface area is 106 Å². The summed E-state index contributed by atoms with van der Waals surface area (Å²) in [6, 6.07) is 4.56. The Balaban J connectivity index is 2.06. The molecule has 0 unspecified atom stereocenters. The second kappa shape index (κ2) is 5.67. The molecule has 0 radical (unpaired) electrons. The third kappa shape index (κ3) is 2.88. The van der Waals surface area contributed by atoms with Gasteiger partial charge in [-0.3, -0.25) is 0 Å². The molecule has 96 valence electrons. The molecule has 2 aromatic rings. The van der Waals surface area contributed by atoms with Crippen LogP contribution in [-0.4, -0.2) is 9.55 Å². The Bertz CT molecular complexity index is 522. The van der Waals surface area contributed by atoms with Crippen LogP contribution in [0, 0.1) is 12.7 Å². The van der Waals surface area contributed by atoms with E-state index in [-0.39, 0.29) is 5.82 Å². The van der Waals surface area contributed by atoms with Gasteiger partial charge in [-0.25, -0.2) is 9.37 Å². The molecule has 3 nitrogen and oxygen atoms in total. The summed E-state index contributed by atoms with van der Waals surface area (Å²) in [5.74, 6) is 0.303. The number of rotatable bonds is 5. The normalized spacial score (nSPS) is 10.6. The summed E-state index contributed by atoms with van der Waals surface area (Å²) < 4.78 is 20.8. The van der Waals surface area contributed by atoms with Crippen LogP contribution in [0.2, 0.25) is 0 Å². The average Bonchev–Trinajstić information content (AvgIpc) is 2.78. The van der Waals surface area contributed by atoms with Gasteiger partial charge in [-0.2, -0.15) is 0 Å². The largest absolute Gasteiger partial charge is 0.487 e. The van der Waals surface area contributed by atoms with Crippen LogP contribution in [0.5, 0.6) is 5.75 Å². The van der Waals surface area contributed by atoms with Crippen molar-refractivity contribution in [3.05, 3.63) is 47.8 Å². The first-order valence-corrected chi connectivity index (χ1v) is 6.08. The molecule has 0 N–H and O–H groups in total. The van der Waals surface area contributed by atoms with Gasteiger partial charge in [-0.1, -0.05) is 13.0 Å². The van der Waals surface area contributed by atoms with Gasteiger partial charge >= 0.3 is 0 Å². The topological polar surface area (TPSA) is 27.1 Å². The average molecular weight is 248 g/mol. The predicted octanol–water partition coefficient (Wildman–Crippen LogP) is 3.32. The monoisotopic (exact) mass is 248 g/mol. The van der Waals surface area contributed by atoms with E-state index in [0.29, 0.717) is 12.4 Å². The van der Waals surface area contributed by atoms with E-state index >= 15 is 0 Å². The van der Waals surface area contributed by atoms with E-state index in [4.69, 9.17) is 4.74 Å². The highest BCUT2D eigenvalue weighted by atomic mass is 19.1.